The first-order valence-corrected chi connectivity index (χ1v) is 6.33. The number of nitrogens with one attached hydrogen (secondary N) is 1. The molecule has 3 nitrogen and oxygen atoms in total. The maximum absolute atomic E-state index is 12.4. The van der Waals surface area contributed by atoms with E-state index in [-0.39, 0.29) is 5.54 Å². The number of carbonyl (C=O) groups is 1. The molecule has 2 saturated heterocycles. The van der Waals surface area contributed by atoms with Crippen LogP contribution in [0.25, 0.3) is 0 Å². The third-order valence-corrected chi connectivity index (χ3v) is 3.90. The number of rotatable bonds is 2. The first kappa shape index (κ1) is 10.9. The smallest absolute Gasteiger partial charge is 0.242 e. The van der Waals surface area contributed by atoms with Gasteiger partial charge in [-0.3, -0.25) is 4.79 Å². The summed E-state index contributed by atoms with van der Waals surface area (Å²) < 4.78 is 0. The van der Waals surface area contributed by atoms with Gasteiger partial charge in [-0.1, -0.05) is 6.92 Å². The van der Waals surface area contributed by atoms with Gasteiger partial charge in [0.05, 0.1) is 5.54 Å². The first-order valence-electron chi connectivity index (χ1n) is 6.33. The van der Waals surface area contributed by atoms with Crippen molar-refractivity contribution < 1.29 is 4.79 Å². The molecule has 2 rings (SSSR count). The minimum Gasteiger partial charge on any atom is -0.341 e. The first-order chi connectivity index (χ1) is 7.28. The highest BCUT2D eigenvalue weighted by Crippen LogP contribution is 2.26. The van der Waals surface area contributed by atoms with Gasteiger partial charge < -0.3 is 10.2 Å². The van der Waals surface area contributed by atoms with E-state index < -0.39 is 0 Å². The van der Waals surface area contributed by atoms with Gasteiger partial charge in [0.25, 0.3) is 0 Å². The van der Waals surface area contributed by atoms with Crippen molar-refractivity contribution >= 4 is 5.91 Å². The van der Waals surface area contributed by atoms with Crippen LogP contribution in [0.3, 0.4) is 0 Å². The van der Waals surface area contributed by atoms with Crippen molar-refractivity contribution in [1.29, 1.82) is 0 Å². The monoisotopic (exact) mass is 210 g/mol. The van der Waals surface area contributed by atoms with Crippen LogP contribution in [0.1, 0.15) is 45.4 Å². The van der Waals surface area contributed by atoms with Gasteiger partial charge in [-0.25, -0.2) is 0 Å². The summed E-state index contributed by atoms with van der Waals surface area (Å²) >= 11 is 0. The number of hydrogen-bond donors (Lipinski definition) is 1. The van der Waals surface area contributed by atoms with E-state index >= 15 is 0 Å². The van der Waals surface area contributed by atoms with Crippen molar-refractivity contribution in [2.45, 2.75) is 51.0 Å². The van der Waals surface area contributed by atoms with E-state index in [9.17, 15) is 4.79 Å². The fourth-order valence-corrected chi connectivity index (χ4v) is 2.84. The van der Waals surface area contributed by atoms with Gasteiger partial charge in [0, 0.05) is 13.1 Å². The third kappa shape index (κ3) is 2.03. The Morgan fingerprint density at radius 1 is 1.27 bits per heavy atom. The Morgan fingerprint density at radius 3 is 2.53 bits per heavy atom. The predicted molar refractivity (Wildman–Crippen MR) is 60.7 cm³/mol. The topological polar surface area (TPSA) is 32.3 Å². The molecule has 0 aliphatic carbocycles. The van der Waals surface area contributed by atoms with Crippen molar-refractivity contribution in [3.63, 3.8) is 0 Å². The summed E-state index contributed by atoms with van der Waals surface area (Å²) in [6.07, 6.45) is 6.77. The highest BCUT2D eigenvalue weighted by atomic mass is 16.2. The summed E-state index contributed by atoms with van der Waals surface area (Å²) in [6.45, 7) is 5.08. The number of piperidine rings is 1. The van der Waals surface area contributed by atoms with Crippen LogP contribution in [0.4, 0.5) is 0 Å². The van der Waals surface area contributed by atoms with E-state index in [0.717, 1.165) is 38.9 Å². The number of hydrogen-bond acceptors (Lipinski definition) is 2. The molecule has 0 aromatic rings. The van der Waals surface area contributed by atoms with E-state index in [0.29, 0.717) is 5.91 Å². The van der Waals surface area contributed by atoms with Crippen molar-refractivity contribution in [2.24, 2.45) is 0 Å². The molecule has 2 aliphatic rings. The summed E-state index contributed by atoms with van der Waals surface area (Å²) in [5, 5.41) is 3.43. The molecule has 2 heterocycles. The molecule has 1 atom stereocenters. The molecule has 0 saturated carbocycles. The molecule has 1 unspecified atom stereocenters. The molecule has 1 amide bonds. The number of nitrogens with zero attached hydrogens (tertiary/aromatic N) is 1. The molecule has 0 spiro atoms. The largest absolute Gasteiger partial charge is 0.341 e. The Balaban J connectivity index is 2.03. The Labute approximate surface area is 92.2 Å². The molecule has 15 heavy (non-hydrogen) atoms. The second-order valence-electron chi connectivity index (χ2n) is 4.82. The van der Waals surface area contributed by atoms with Gasteiger partial charge in [-0.15, -0.1) is 0 Å². The summed E-state index contributed by atoms with van der Waals surface area (Å²) in [5.41, 5.74) is -0.211. The summed E-state index contributed by atoms with van der Waals surface area (Å²) in [4.78, 5) is 14.5. The van der Waals surface area contributed by atoms with Gasteiger partial charge in [0.2, 0.25) is 5.91 Å². The fraction of sp³-hybridized carbons (Fsp3) is 0.917. The highest BCUT2D eigenvalue weighted by molar-refractivity contribution is 5.86. The molecule has 2 fully saturated rings. The van der Waals surface area contributed by atoms with Crippen molar-refractivity contribution in [1.82, 2.24) is 10.2 Å². The van der Waals surface area contributed by atoms with Gasteiger partial charge in [-0.05, 0) is 45.1 Å². The van der Waals surface area contributed by atoms with E-state index in [1.807, 2.05) is 0 Å². The lowest BCUT2D eigenvalue weighted by atomic mass is 9.91. The lowest BCUT2D eigenvalue weighted by Gasteiger charge is -2.36. The van der Waals surface area contributed by atoms with Crippen LogP contribution in [0.5, 0.6) is 0 Å². The Kier molecular flexibility index (Phi) is 3.29. The predicted octanol–water partition coefficient (Wildman–Crippen LogP) is 1.53. The van der Waals surface area contributed by atoms with Crippen molar-refractivity contribution in [3.05, 3.63) is 0 Å². The van der Waals surface area contributed by atoms with Gasteiger partial charge in [0.1, 0.15) is 0 Å². The third-order valence-electron chi connectivity index (χ3n) is 3.90. The zero-order valence-corrected chi connectivity index (χ0v) is 9.72. The summed E-state index contributed by atoms with van der Waals surface area (Å²) in [5.74, 6) is 0.363. The minimum absolute atomic E-state index is 0.211. The van der Waals surface area contributed by atoms with Crippen molar-refractivity contribution in [3.8, 4) is 0 Å². The molecule has 0 aromatic carbocycles. The van der Waals surface area contributed by atoms with Gasteiger partial charge in [0.15, 0.2) is 0 Å². The van der Waals surface area contributed by atoms with Crippen molar-refractivity contribution in [2.75, 3.05) is 19.6 Å². The quantitative estimate of drug-likeness (QED) is 0.749. The lowest BCUT2D eigenvalue weighted by molar-refractivity contribution is -0.139. The molecule has 2 aliphatic heterocycles. The Morgan fingerprint density at radius 2 is 2.00 bits per heavy atom. The zero-order valence-electron chi connectivity index (χ0n) is 9.72. The average Bonchev–Trinajstić information content (AvgIpc) is 2.79. The normalized spacial score (nSPS) is 31.9. The highest BCUT2D eigenvalue weighted by Gasteiger charge is 2.41. The molecule has 3 heteroatoms. The van der Waals surface area contributed by atoms with Crippen LogP contribution >= 0.6 is 0 Å². The Bertz CT molecular complexity index is 228. The number of carbonyl (C=O) groups excluding carboxylic acids is 1. The van der Waals surface area contributed by atoms with Gasteiger partial charge >= 0.3 is 0 Å². The van der Waals surface area contributed by atoms with E-state index in [1.165, 1.54) is 19.3 Å². The maximum atomic E-state index is 12.4. The van der Waals surface area contributed by atoms with Crippen LogP contribution < -0.4 is 5.32 Å². The zero-order chi connectivity index (χ0) is 10.7. The standard InChI is InChI=1S/C12H22N2O/c1-2-12(7-6-8-13-12)11(15)14-9-4-3-5-10-14/h13H,2-10H2,1H3. The second kappa shape index (κ2) is 4.52. The Hall–Kier alpha value is -0.570. The number of likely N-dealkylation sites (tertiary alicyclic amines) is 1. The minimum atomic E-state index is -0.211. The summed E-state index contributed by atoms with van der Waals surface area (Å²) in [7, 11) is 0. The maximum Gasteiger partial charge on any atom is 0.242 e. The molecule has 0 bridgehead atoms. The van der Waals surface area contributed by atoms with Crippen LogP contribution in [0.15, 0.2) is 0 Å². The SMILES string of the molecule is CCC1(C(=O)N2CCCCC2)CCCN1. The van der Waals surface area contributed by atoms with Crippen LogP contribution in [0, 0.1) is 0 Å². The average molecular weight is 210 g/mol. The van der Waals surface area contributed by atoms with Crippen LogP contribution in [-0.4, -0.2) is 36.0 Å². The molecule has 0 aromatic heterocycles. The fourth-order valence-electron chi connectivity index (χ4n) is 2.84. The lowest BCUT2D eigenvalue weighted by Crippen LogP contribution is -2.55. The van der Waals surface area contributed by atoms with E-state index in [4.69, 9.17) is 0 Å². The van der Waals surface area contributed by atoms with E-state index in [1.54, 1.807) is 0 Å². The summed E-state index contributed by atoms with van der Waals surface area (Å²) in [6, 6.07) is 0. The second-order valence-corrected chi connectivity index (χ2v) is 4.82. The number of amides is 1. The molecular formula is C12H22N2O. The molecule has 0 radical (unpaired) electrons. The van der Waals surface area contributed by atoms with Gasteiger partial charge in [-0.2, -0.15) is 0 Å². The molecule has 86 valence electrons. The van der Waals surface area contributed by atoms with E-state index in [2.05, 4.69) is 17.1 Å². The molecular weight excluding hydrogens is 188 g/mol. The van der Waals surface area contributed by atoms with Crippen LogP contribution in [0.2, 0.25) is 0 Å². The van der Waals surface area contributed by atoms with Crippen LogP contribution in [-0.2, 0) is 4.79 Å². The molecule has 1 N–H and O–H groups in total.